The Labute approximate surface area is 179 Å². The molecular weight excluding hydrogens is 455 g/mol. The molecule has 6 nitrogen and oxygen atoms in total. The monoisotopic (exact) mass is 486 g/mol. The van der Waals surface area contributed by atoms with Crippen molar-refractivity contribution in [2.75, 3.05) is 32.1 Å². The lowest BCUT2D eigenvalue weighted by molar-refractivity contribution is 0.0386. The summed E-state index contributed by atoms with van der Waals surface area (Å²) in [6, 6.07) is 9.90. The lowest BCUT2D eigenvalue weighted by atomic mass is 10.0. The van der Waals surface area contributed by atoms with E-state index >= 15 is 0 Å². The van der Waals surface area contributed by atoms with Gasteiger partial charge in [0.25, 0.3) is 0 Å². The minimum Gasteiger partial charge on any atom is -0.466 e. The molecule has 0 saturated heterocycles. The summed E-state index contributed by atoms with van der Waals surface area (Å²) in [4.78, 5) is 6.73. The molecule has 3 N–H and O–H groups in total. The Hall–Kier alpha value is -1.74. The van der Waals surface area contributed by atoms with Gasteiger partial charge in [-0.2, -0.15) is 0 Å². The van der Waals surface area contributed by atoms with Gasteiger partial charge >= 0.3 is 0 Å². The molecule has 1 heterocycles. The van der Waals surface area contributed by atoms with Gasteiger partial charge in [0.1, 0.15) is 11.4 Å². The molecule has 1 aromatic heterocycles. The molecule has 0 bridgehead atoms. The first-order chi connectivity index (χ1) is 12.3. The van der Waals surface area contributed by atoms with Crippen molar-refractivity contribution >= 4 is 35.6 Å². The van der Waals surface area contributed by atoms with E-state index in [4.69, 9.17) is 4.42 Å². The van der Waals surface area contributed by atoms with Crippen LogP contribution in [0.5, 0.6) is 0 Å². The van der Waals surface area contributed by atoms with Crippen LogP contribution in [0.25, 0.3) is 0 Å². The first kappa shape index (κ1) is 23.3. The Balaban J connectivity index is 0.00000364. The number of guanidine groups is 1. The van der Waals surface area contributed by atoms with E-state index in [-0.39, 0.29) is 24.0 Å². The van der Waals surface area contributed by atoms with Crippen molar-refractivity contribution in [2.45, 2.75) is 32.9 Å². The number of hydrogen-bond acceptors (Lipinski definition) is 4. The van der Waals surface area contributed by atoms with Crippen molar-refractivity contribution in [3.8, 4) is 0 Å². The van der Waals surface area contributed by atoms with Gasteiger partial charge < -0.3 is 25.1 Å². The number of benzene rings is 1. The summed E-state index contributed by atoms with van der Waals surface area (Å²) in [6.45, 7) is 7.43. The van der Waals surface area contributed by atoms with Gasteiger partial charge in [-0.3, -0.25) is 0 Å². The standard InChI is InChI=1S/C20H30N4O2.HI/c1-6-21-19(23-14-20(3,25)18-8-7-11-26-18)22-13-16-9-10-17(24(4)5)12-15(16)2;/h7-12,25H,6,13-14H2,1-5H3,(H2,21,22,23);1H. The molecule has 0 aliphatic heterocycles. The molecule has 0 radical (unpaired) electrons. The molecule has 27 heavy (non-hydrogen) atoms. The quantitative estimate of drug-likeness (QED) is 0.319. The van der Waals surface area contributed by atoms with Gasteiger partial charge in [-0.05, 0) is 56.2 Å². The maximum atomic E-state index is 10.6. The number of halogens is 1. The average molecular weight is 486 g/mol. The minimum atomic E-state index is -1.11. The van der Waals surface area contributed by atoms with E-state index in [2.05, 4.69) is 45.6 Å². The number of hydrogen-bond donors (Lipinski definition) is 3. The number of aryl methyl sites for hydroxylation is 1. The molecule has 1 aromatic carbocycles. The van der Waals surface area contributed by atoms with Crippen molar-refractivity contribution in [3.63, 3.8) is 0 Å². The zero-order chi connectivity index (χ0) is 19.2. The smallest absolute Gasteiger partial charge is 0.191 e. The Kier molecular flexibility index (Phi) is 9.11. The zero-order valence-electron chi connectivity index (χ0n) is 16.7. The molecule has 1 unspecified atom stereocenters. The highest BCUT2D eigenvalue weighted by molar-refractivity contribution is 14.0. The number of aliphatic hydroxyl groups is 1. The maximum Gasteiger partial charge on any atom is 0.191 e. The summed E-state index contributed by atoms with van der Waals surface area (Å²) in [5, 5.41) is 17.0. The first-order valence-electron chi connectivity index (χ1n) is 8.89. The van der Waals surface area contributed by atoms with E-state index in [0.29, 0.717) is 24.8 Å². The number of nitrogens with one attached hydrogen (secondary N) is 2. The largest absolute Gasteiger partial charge is 0.466 e. The fraction of sp³-hybridized carbons (Fsp3) is 0.450. The second-order valence-electron chi connectivity index (χ2n) is 6.81. The first-order valence-corrected chi connectivity index (χ1v) is 8.89. The van der Waals surface area contributed by atoms with Crippen LogP contribution in [0.2, 0.25) is 0 Å². The summed E-state index contributed by atoms with van der Waals surface area (Å²) in [7, 11) is 4.06. The van der Waals surface area contributed by atoms with Crippen LogP contribution < -0.4 is 15.5 Å². The van der Waals surface area contributed by atoms with Crippen LogP contribution in [0, 0.1) is 6.92 Å². The summed E-state index contributed by atoms with van der Waals surface area (Å²) >= 11 is 0. The summed E-state index contributed by atoms with van der Waals surface area (Å²) < 4.78 is 5.31. The van der Waals surface area contributed by atoms with E-state index in [1.807, 2.05) is 21.0 Å². The second kappa shape index (κ2) is 10.6. The number of aliphatic imine (C=N–C) groups is 1. The predicted molar refractivity (Wildman–Crippen MR) is 122 cm³/mol. The number of furan rings is 1. The Morgan fingerprint density at radius 3 is 2.56 bits per heavy atom. The lowest BCUT2D eigenvalue weighted by Gasteiger charge is -2.22. The third kappa shape index (κ3) is 6.73. The molecule has 1 atom stereocenters. The lowest BCUT2D eigenvalue weighted by Crippen LogP contribution is -2.44. The van der Waals surface area contributed by atoms with E-state index in [9.17, 15) is 5.11 Å². The highest BCUT2D eigenvalue weighted by atomic mass is 127. The molecule has 0 aliphatic rings. The third-order valence-corrected chi connectivity index (χ3v) is 4.25. The van der Waals surface area contributed by atoms with Crippen LogP contribution in [0.1, 0.15) is 30.7 Å². The van der Waals surface area contributed by atoms with Crippen LogP contribution >= 0.6 is 24.0 Å². The zero-order valence-corrected chi connectivity index (χ0v) is 19.1. The Morgan fingerprint density at radius 1 is 1.26 bits per heavy atom. The van der Waals surface area contributed by atoms with E-state index in [1.165, 1.54) is 16.8 Å². The highest BCUT2D eigenvalue weighted by Crippen LogP contribution is 2.20. The third-order valence-electron chi connectivity index (χ3n) is 4.25. The van der Waals surface area contributed by atoms with Gasteiger partial charge in [0.05, 0.1) is 19.4 Å². The van der Waals surface area contributed by atoms with Gasteiger partial charge in [-0.1, -0.05) is 6.07 Å². The van der Waals surface area contributed by atoms with Crippen molar-refractivity contribution in [3.05, 3.63) is 53.5 Å². The molecule has 2 aromatic rings. The topological polar surface area (TPSA) is 73.0 Å². The normalized spacial score (nSPS) is 13.5. The molecule has 0 saturated carbocycles. The molecule has 2 rings (SSSR count). The molecule has 0 amide bonds. The molecule has 7 heteroatoms. The minimum absolute atomic E-state index is 0. The van der Waals surface area contributed by atoms with Gasteiger partial charge in [0, 0.05) is 26.3 Å². The van der Waals surface area contributed by atoms with Crippen LogP contribution in [-0.4, -0.2) is 38.3 Å². The average Bonchev–Trinajstić information content (AvgIpc) is 3.13. The summed E-state index contributed by atoms with van der Waals surface area (Å²) in [5.41, 5.74) is 2.45. The van der Waals surface area contributed by atoms with Crippen LogP contribution in [-0.2, 0) is 12.1 Å². The fourth-order valence-corrected chi connectivity index (χ4v) is 2.57. The van der Waals surface area contributed by atoms with Gasteiger partial charge in [0.15, 0.2) is 5.96 Å². The summed E-state index contributed by atoms with van der Waals surface area (Å²) in [5.74, 6) is 1.19. The van der Waals surface area contributed by atoms with Crippen molar-refractivity contribution in [1.29, 1.82) is 0 Å². The molecule has 0 aliphatic carbocycles. The van der Waals surface area contributed by atoms with Crippen LogP contribution in [0.4, 0.5) is 5.69 Å². The van der Waals surface area contributed by atoms with Gasteiger partial charge in [-0.25, -0.2) is 4.99 Å². The van der Waals surface area contributed by atoms with Crippen molar-refractivity contribution in [1.82, 2.24) is 10.6 Å². The molecule has 150 valence electrons. The van der Waals surface area contributed by atoms with Crippen LogP contribution in [0.15, 0.2) is 46.0 Å². The molecule has 0 fully saturated rings. The highest BCUT2D eigenvalue weighted by Gasteiger charge is 2.26. The maximum absolute atomic E-state index is 10.6. The predicted octanol–water partition coefficient (Wildman–Crippen LogP) is 3.23. The SMILES string of the molecule is CCNC(=NCc1ccc(N(C)C)cc1C)NCC(C)(O)c1ccco1.I. The molecular formula is C20H31IN4O2. The van der Waals surface area contributed by atoms with E-state index < -0.39 is 5.60 Å². The van der Waals surface area contributed by atoms with Crippen molar-refractivity contribution in [2.24, 2.45) is 4.99 Å². The Bertz CT molecular complexity index is 728. The number of nitrogens with zero attached hydrogens (tertiary/aromatic N) is 2. The van der Waals surface area contributed by atoms with Crippen molar-refractivity contribution < 1.29 is 9.52 Å². The number of anilines is 1. The van der Waals surface area contributed by atoms with Gasteiger partial charge in [0.2, 0.25) is 0 Å². The van der Waals surface area contributed by atoms with Gasteiger partial charge in [-0.15, -0.1) is 24.0 Å². The van der Waals surface area contributed by atoms with E-state index in [1.54, 1.807) is 25.3 Å². The Morgan fingerprint density at radius 2 is 2.00 bits per heavy atom. The number of rotatable bonds is 7. The second-order valence-corrected chi connectivity index (χ2v) is 6.81. The van der Waals surface area contributed by atoms with Crippen LogP contribution in [0.3, 0.4) is 0 Å². The summed E-state index contributed by atoms with van der Waals surface area (Å²) in [6.07, 6.45) is 1.56. The molecule has 0 spiro atoms. The fourth-order valence-electron chi connectivity index (χ4n) is 2.57. The van der Waals surface area contributed by atoms with E-state index in [0.717, 1.165) is 6.54 Å².